The number of halogens is 1. The molecule has 100 valence electrons. The number of rotatable bonds is 4. The van der Waals surface area contributed by atoms with E-state index in [2.05, 4.69) is 23.2 Å². The van der Waals surface area contributed by atoms with Crippen molar-refractivity contribution in [2.45, 2.75) is 32.4 Å². The number of hydrogen-bond donors (Lipinski definition) is 2. The molecule has 1 heterocycles. The quantitative estimate of drug-likeness (QED) is 0.880. The van der Waals surface area contributed by atoms with Crippen LogP contribution in [0.2, 0.25) is 5.02 Å². The van der Waals surface area contributed by atoms with Crippen molar-refractivity contribution in [3.63, 3.8) is 0 Å². The van der Waals surface area contributed by atoms with Crippen LogP contribution >= 0.6 is 11.6 Å². The van der Waals surface area contributed by atoms with Crippen LogP contribution in [0.3, 0.4) is 0 Å². The number of nitrogens with zero attached hydrogens (tertiary/aromatic N) is 1. The number of anilines is 1. The molecule has 0 spiro atoms. The molecule has 1 unspecified atom stereocenters. The second-order valence-electron chi connectivity index (χ2n) is 5.22. The molecule has 4 heteroatoms. The summed E-state index contributed by atoms with van der Waals surface area (Å²) in [6.07, 6.45) is 0.816. The molecule has 2 rings (SSSR count). The third kappa shape index (κ3) is 3.16. The van der Waals surface area contributed by atoms with E-state index in [1.54, 1.807) is 0 Å². The van der Waals surface area contributed by atoms with Gasteiger partial charge in [0.15, 0.2) is 0 Å². The summed E-state index contributed by atoms with van der Waals surface area (Å²) in [5.74, 6) is 0. The number of hydrogen-bond acceptors (Lipinski definition) is 3. The Morgan fingerprint density at radius 3 is 2.89 bits per heavy atom. The summed E-state index contributed by atoms with van der Waals surface area (Å²) in [6, 6.07) is 5.97. The molecular weight excluding hydrogens is 248 g/mol. The van der Waals surface area contributed by atoms with Crippen molar-refractivity contribution in [3.05, 3.63) is 28.8 Å². The standard InChI is InChI=1S/C14H21ClN2O/c1-3-16-9-11-8-12(15)4-5-13(11)17-7-6-14(2,18)10-17/h4-5,8,16,18H,3,6-7,9-10H2,1-2H3. The monoisotopic (exact) mass is 268 g/mol. The normalized spacial score (nSPS) is 23.7. The maximum atomic E-state index is 10.1. The predicted molar refractivity (Wildman–Crippen MR) is 76.3 cm³/mol. The number of nitrogens with one attached hydrogen (secondary N) is 1. The van der Waals surface area contributed by atoms with Gasteiger partial charge in [-0.1, -0.05) is 18.5 Å². The Labute approximate surface area is 114 Å². The van der Waals surface area contributed by atoms with Gasteiger partial charge >= 0.3 is 0 Å². The highest BCUT2D eigenvalue weighted by Gasteiger charge is 2.32. The number of β-amino-alcohol motifs (C(OH)–C–C–N with tert-alkyl or cyclic N) is 1. The van der Waals surface area contributed by atoms with E-state index in [4.69, 9.17) is 11.6 Å². The second kappa shape index (κ2) is 5.47. The molecule has 0 radical (unpaired) electrons. The smallest absolute Gasteiger partial charge is 0.0810 e. The van der Waals surface area contributed by atoms with Crippen LogP contribution in [-0.4, -0.2) is 30.3 Å². The molecule has 1 atom stereocenters. The molecule has 1 aliphatic heterocycles. The fraction of sp³-hybridized carbons (Fsp3) is 0.571. The Balaban J connectivity index is 2.21. The lowest BCUT2D eigenvalue weighted by Crippen LogP contribution is -2.30. The average Bonchev–Trinajstić information content (AvgIpc) is 2.67. The molecule has 3 nitrogen and oxygen atoms in total. The maximum absolute atomic E-state index is 10.1. The van der Waals surface area contributed by atoms with Crippen LogP contribution in [0.1, 0.15) is 25.8 Å². The van der Waals surface area contributed by atoms with E-state index in [0.29, 0.717) is 6.54 Å². The molecule has 1 aromatic rings. The molecule has 1 aliphatic rings. The molecule has 1 saturated heterocycles. The summed E-state index contributed by atoms with van der Waals surface area (Å²) in [5, 5.41) is 14.2. The summed E-state index contributed by atoms with van der Waals surface area (Å²) in [5.41, 5.74) is 1.80. The highest BCUT2D eigenvalue weighted by Crippen LogP contribution is 2.30. The molecule has 0 amide bonds. The first-order chi connectivity index (χ1) is 8.52. The fourth-order valence-corrected chi connectivity index (χ4v) is 2.61. The van der Waals surface area contributed by atoms with Gasteiger partial charge in [0.25, 0.3) is 0 Å². The Morgan fingerprint density at radius 2 is 2.28 bits per heavy atom. The zero-order valence-corrected chi connectivity index (χ0v) is 11.8. The SMILES string of the molecule is CCNCc1cc(Cl)ccc1N1CCC(C)(O)C1. The van der Waals surface area contributed by atoms with Crippen LogP contribution in [0, 0.1) is 0 Å². The molecule has 18 heavy (non-hydrogen) atoms. The zero-order chi connectivity index (χ0) is 13.2. The van der Waals surface area contributed by atoms with Gasteiger partial charge in [-0.2, -0.15) is 0 Å². The van der Waals surface area contributed by atoms with Crippen LogP contribution in [-0.2, 0) is 6.54 Å². The van der Waals surface area contributed by atoms with Crippen molar-refractivity contribution in [3.8, 4) is 0 Å². The van der Waals surface area contributed by atoms with Crippen LogP contribution in [0.4, 0.5) is 5.69 Å². The summed E-state index contributed by atoms with van der Waals surface area (Å²) in [6.45, 7) is 7.31. The van der Waals surface area contributed by atoms with Crippen LogP contribution in [0.25, 0.3) is 0 Å². The van der Waals surface area contributed by atoms with Crippen molar-refractivity contribution in [1.82, 2.24) is 5.32 Å². The van der Waals surface area contributed by atoms with Gasteiger partial charge in [-0.25, -0.2) is 0 Å². The van der Waals surface area contributed by atoms with Gasteiger partial charge < -0.3 is 15.3 Å². The molecule has 1 aromatic carbocycles. The fourth-order valence-electron chi connectivity index (χ4n) is 2.41. The van der Waals surface area contributed by atoms with Gasteiger partial charge in [0.05, 0.1) is 5.60 Å². The third-order valence-electron chi connectivity index (χ3n) is 3.40. The first-order valence-corrected chi connectivity index (χ1v) is 6.86. The minimum atomic E-state index is -0.574. The molecule has 0 aromatic heterocycles. The highest BCUT2D eigenvalue weighted by molar-refractivity contribution is 6.30. The van der Waals surface area contributed by atoms with E-state index in [9.17, 15) is 5.11 Å². The highest BCUT2D eigenvalue weighted by atomic mass is 35.5. The summed E-state index contributed by atoms with van der Waals surface area (Å²) < 4.78 is 0. The van der Waals surface area contributed by atoms with Crippen LogP contribution in [0.15, 0.2) is 18.2 Å². The van der Waals surface area contributed by atoms with Crippen molar-refractivity contribution >= 4 is 17.3 Å². The lowest BCUT2D eigenvalue weighted by atomic mass is 10.1. The van der Waals surface area contributed by atoms with Gasteiger partial charge in [0.1, 0.15) is 0 Å². The van der Waals surface area contributed by atoms with E-state index in [1.165, 1.54) is 11.3 Å². The summed E-state index contributed by atoms with van der Waals surface area (Å²) in [7, 11) is 0. The second-order valence-corrected chi connectivity index (χ2v) is 5.66. The van der Waals surface area contributed by atoms with Gasteiger partial charge in [0, 0.05) is 30.3 Å². The van der Waals surface area contributed by atoms with Gasteiger partial charge in [-0.3, -0.25) is 0 Å². The lowest BCUT2D eigenvalue weighted by Gasteiger charge is -2.24. The van der Waals surface area contributed by atoms with Crippen molar-refractivity contribution < 1.29 is 5.11 Å². The van der Waals surface area contributed by atoms with Gasteiger partial charge in [0.2, 0.25) is 0 Å². The van der Waals surface area contributed by atoms with Crippen molar-refractivity contribution in [2.75, 3.05) is 24.5 Å². The minimum Gasteiger partial charge on any atom is -0.388 e. The topological polar surface area (TPSA) is 35.5 Å². The zero-order valence-electron chi connectivity index (χ0n) is 11.0. The Kier molecular flexibility index (Phi) is 4.15. The molecule has 0 bridgehead atoms. The molecule has 0 aliphatic carbocycles. The Bertz CT molecular complexity index is 420. The van der Waals surface area contributed by atoms with E-state index in [1.807, 2.05) is 19.1 Å². The van der Waals surface area contributed by atoms with Gasteiger partial charge in [-0.05, 0) is 43.7 Å². The van der Waals surface area contributed by atoms with E-state index < -0.39 is 5.60 Å². The van der Waals surface area contributed by atoms with Crippen molar-refractivity contribution in [1.29, 1.82) is 0 Å². The van der Waals surface area contributed by atoms with E-state index in [0.717, 1.165) is 31.1 Å². The van der Waals surface area contributed by atoms with Crippen LogP contribution < -0.4 is 10.2 Å². The van der Waals surface area contributed by atoms with Gasteiger partial charge in [-0.15, -0.1) is 0 Å². The molecule has 1 fully saturated rings. The van der Waals surface area contributed by atoms with E-state index in [-0.39, 0.29) is 0 Å². The molecule has 0 saturated carbocycles. The molecule has 2 N–H and O–H groups in total. The Morgan fingerprint density at radius 1 is 1.50 bits per heavy atom. The first-order valence-electron chi connectivity index (χ1n) is 6.48. The minimum absolute atomic E-state index is 0.574. The largest absolute Gasteiger partial charge is 0.388 e. The summed E-state index contributed by atoms with van der Waals surface area (Å²) >= 11 is 6.06. The van der Waals surface area contributed by atoms with E-state index >= 15 is 0 Å². The lowest BCUT2D eigenvalue weighted by molar-refractivity contribution is 0.0839. The first kappa shape index (κ1) is 13.7. The van der Waals surface area contributed by atoms with Crippen LogP contribution in [0.5, 0.6) is 0 Å². The molecular formula is C14H21ClN2O. The maximum Gasteiger partial charge on any atom is 0.0810 e. The predicted octanol–water partition coefficient (Wildman–Crippen LogP) is 2.41. The van der Waals surface area contributed by atoms with Crippen molar-refractivity contribution in [2.24, 2.45) is 0 Å². The average molecular weight is 269 g/mol. The summed E-state index contributed by atoms with van der Waals surface area (Å²) in [4.78, 5) is 2.24. The third-order valence-corrected chi connectivity index (χ3v) is 3.63. The number of benzene rings is 1. The Hall–Kier alpha value is -0.770. The number of aliphatic hydroxyl groups is 1.